The van der Waals surface area contributed by atoms with E-state index in [1.807, 2.05) is 19.0 Å². The maximum Gasteiger partial charge on any atom is 0.237 e. The van der Waals surface area contributed by atoms with E-state index in [0.29, 0.717) is 6.54 Å². The van der Waals surface area contributed by atoms with E-state index >= 15 is 0 Å². The van der Waals surface area contributed by atoms with Gasteiger partial charge in [0, 0.05) is 13.0 Å². The predicted octanol–water partition coefficient (Wildman–Crippen LogP) is -0.530. The summed E-state index contributed by atoms with van der Waals surface area (Å²) in [5.41, 5.74) is 4.80. The van der Waals surface area contributed by atoms with Crippen LogP contribution in [0.4, 0.5) is 0 Å². The molecule has 0 saturated carbocycles. The van der Waals surface area contributed by atoms with Crippen molar-refractivity contribution in [2.45, 2.75) is 13.8 Å². The topological polar surface area (TPSA) is 89.7 Å². The van der Waals surface area contributed by atoms with Crippen molar-refractivity contribution in [3.05, 3.63) is 0 Å². The molecule has 1 aliphatic heterocycles. The third-order valence-electron chi connectivity index (χ3n) is 1.85. The normalized spacial score (nSPS) is 15.2. The van der Waals surface area contributed by atoms with Crippen LogP contribution in [0.25, 0.3) is 0 Å². The third-order valence-corrected chi connectivity index (χ3v) is 1.85. The van der Waals surface area contributed by atoms with Crippen LogP contribution in [0.2, 0.25) is 0 Å². The van der Waals surface area contributed by atoms with Gasteiger partial charge in [-0.2, -0.15) is 0 Å². The molecule has 1 fully saturated rings. The van der Waals surface area contributed by atoms with E-state index in [-0.39, 0.29) is 17.7 Å². The number of hydrogen-bond donors (Lipinski definition) is 1. The van der Waals surface area contributed by atoms with Crippen LogP contribution in [0.1, 0.15) is 13.8 Å². The Balaban J connectivity index is 0. The van der Waals surface area contributed by atoms with Crippen LogP contribution in [-0.2, 0) is 20.8 Å². The molecule has 108 valence electrons. The van der Waals surface area contributed by atoms with E-state index < -0.39 is 11.2 Å². The van der Waals surface area contributed by atoms with Crippen molar-refractivity contribution >= 4 is 23.0 Å². The molecule has 0 spiro atoms. The molecule has 0 bridgehead atoms. The van der Waals surface area contributed by atoms with Gasteiger partial charge in [0.05, 0.1) is 25.7 Å². The summed E-state index contributed by atoms with van der Waals surface area (Å²) in [6.45, 7) is 4.89. The predicted molar refractivity (Wildman–Crippen MR) is 74.3 cm³/mol. The molecule has 0 radical (unpaired) electrons. The van der Waals surface area contributed by atoms with Crippen molar-refractivity contribution in [2.24, 2.45) is 11.7 Å². The zero-order valence-corrected chi connectivity index (χ0v) is 12.9. The van der Waals surface area contributed by atoms with Gasteiger partial charge in [-0.05, 0) is 7.05 Å². The molecular formula is C11H25N3O3S. The fourth-order valence-corrected chi connectivity index (χ4v) is 0.843. The highest BCUT2D eigenvalue weighted by atomic mass is 32.2. The van der Waals surface area contributed by atoms with Crippen LogP contribution in [0.3, 0.4) is 0 Å². The van der Waals surface area contributed by atoms with E-state index in [2.05, 4.69) is 0 Å². The summed E-state index contributed by atoms with van der Waals surface area (Å²) in [6.07, 6.45) is 3.28. The Kier molecular flexibility index (Phi) is 11.0. The highest BCUT2D eigenvalue weighted by Crippen LogP contribution is 1.98. The lowest BCUT2D eigenvalue weighted by molar-refractivity contribution is -0.125. The highest BCUT2D eigenvalue weighted by Gasteiger charge is 2.19. The molecule has 18 heavy (non-hydrogen) atoms. The summed E-state index contributed by atoms with van der Waals surface area (Å²) < 4.78 is 9.56. The fraction of sp³-hybridized carbons (Fsp3) is 0.818. The second-order valence-electron chi connectivity index (χ2n) is 4.55. The van der Waals surface area contributed by atoms with Crippen LogP contribution in [0, 0.1) is 5.92 Å². The maximum atomic E-state index is 10.7. The largest absolute Gasteiger partial charge is 0.617 e. The van der Waals surface area contributed by atoms with Crippen molar-refractivity contribution in [1.29, 1.82) is 0 Å². The summed E-state index contributed by atoms with van der Waals surface area (Å²) in [7, 11) is 3.74. The monoisotopic (exact) mass is 279 g/mol. The number of rotatable bonds is 1. The number of likely N-dealkylation sites (N-methyl/N-ethyl adjacent to an activating group) is 2. The van der Waals surface area contributed by atoms with Crippen molar-refractivity contribution in [1.82, 2.24) is 9.80 Å². The lowest BCUT2D eigenvalue weighted by atomic mass is 10.2. The van der Waals surface area contributed by atoms with Gasteiger partial charge in [0.25, 0.3) is 0 Å². The zero-order chi connectivity index (χ0) is 14.9. The SMILES string of the molecule is CC(C)C(N)=O.CN1CC(=O)N(C)C1.C[S+](C)[O-]. The fourth-order valence-electron chi connectivity index (χ4n) is 0.843. The second-order valence-corrected chi connectivity index (χ2v) is 6.03. The smallest absolute Gasteiger partial charge is 0.237 e. The molecular weight excluding hydrogens is 254 g/mol. The van der Waals surface area contributed by atoms with Crippen molar-refractivity contribution < 1.29 is 14.1 Å². The van der Waals surface area contributed by atoms with Gasteiger partial charge in [-0.15, -0.1) is 0 Å². The summed E-state index contributed by atoms with van der Waals surface area (Å²) in [4.78, 5) is 24.3. The molecule has 0 atom stereocenters. The van der Waals surface area contributed by atoms with Gasteiger partial charge in [-0.1, -0.05) is 25.0 Å². The van der Waals surface area contributed by atoms with Gasteiger partial charge in [0.1, 0.15) is 0 Å². The standard InChI is InChI=1S/C5H10N2O.C4H9NO.C2H6OS/c1-6-3-5(8)7(2)4-6;1-3(2)4(5)6;1-4(2)3/h3-4H2,1-2H3;3H,1-2H3,(H2,5,6);1-2H3. The maximum absolute atomic E-state index is 10.7. The molecule has 0 aromatic carbocycles. The van der Waals surface area contributed by atoms with E-state index in [9.17, 15) is 14.1 Å². The molecule has 0 unspecified atom stereocenters. The Hall–Kier alpha value is -0.790. The average Bonchev–Trinajstić information content (AvgIpc) is 2.43. The van der Waals surface area contributed by atoms with E-state index in [1.54, 1.807) is 31.3 Å². The van der Waals surface area contributed by atoms with Crippen LogP contribution in [0.5, 0.6) is 0 Å². The summed E-state index contributed by atoms with van der Waals surface area (Å²) in [5.74, 6) is -0.0347. The Morgan fingerprint density at radius 2 is 1.72 bits per heavy atom. The minimum absolute atomic E-state index is 0.00926. The molecule has 1 aliphatic rings. The van der Waals surface area contributed by atoms with Crippen LogP contribution in [-0.4, -0.2) is 66.0 Å². The lowest BCUT2D eigenvalue weighted by Gasteiger charge is -2.06. The van der Waals surface area contributed by atoms with Crippen molar-refractivity contribution in [3.8, 4) is 0 Å². The van der Waals surface area contributed by atoms with Gasteiger partial charge in [-0.3, -0.25) is 14.5 Å². The Labute approximate surface area is 113 Å². The van der Waals surface area contributed by atoms with Crippen LogP contribution >= 0.6 is 0 Å². The Bertz CT molecular complexity index is 257. The molecule has 1 saturated heterocycles. The van der Waals surface area contributed by atoms with Crippen LogP contribution in [0.15, 0.2) is 0 Å². The minimum Gasteiger partial charge on any atom is -0.617 e. The number of hydrogen-bond acceptors (Lipinski definition) is 4. The molecule has 6 nitrogen and oxygen atoms in total. The van der Waals surface area contributed by atoms with E-state index in [0.717, 1.165) is 6.67 Å². The zero-order valence-electron chi connectivity index (χ0n) is 12.1. The molecule has 7 heteroatoms. The number of carbonyl (C=O) groups is 2. The molecule has 2 N–H and O–H groups in total. The number of carbonyl (C=O) groups excluding carboxylic acids is 2. The number of nitrogens with two attached hydrogens (primary N) is 1. The first-order valence-electron chi connectivity index (χ1n) is 5.54. The number of amides is 2. The Morgan fingerprint density at radius 3 is 1.78 bits per heavy atom. The van der Waals surface area contributed by atoms with Gasteiger partial charge >= 0.3 is 0 Å². The summed E-state index contributed by atoms with van der Waals surface area (Å²) >= 11 is -0.611. The molecule has 1 rings (SSSR count). The number of primary amides is 1. The van der Waals surface area contributed by atoms with Crippen molar-refractivity contribution in [3.63, 3.8) is 0 Å². The van der Waals surface area contributed by atoms with Gasteiger partial charge < -0.3 is 15.2 Å². The highest BCUT2D eigenvalue weighted by molar-refractivity contribution is 7.89. The molecule has 0 aromatic heterocycles. The van der Waals surface area contributed by atoms with Crippen molar-refractivity contribution in [2.75, 3.05) is 39.8 Å². The molecule has 1 heterocycles. The molecule has 2 amide bonds. The van der Waals surface area contributed by atoms with Gasteiger partial charge in [0.2, 0.25) is 11.8 Å². The first kappa shape index (κ1) is 19.5. The van der Waals surface area contributed by atoms with Gasteiger partial charge in [-0.25, -0.2) is 0 Å². The summed E-state index contributed by atoms with van der Waals surface area (Å²) in [5, 5.41) is 0. The molecule has 0 aromatic rings. The quantitative estimate of drug-likeness (QED) is 0.653. The van der Waals surface area contributed by atoms with E-state index in [4.69, 9.17) is 5.73 Å². The minimum atomic E-state index is -0.611. The number of nitrogens with zero attached hydrogens (tertiary/aromatic N) is 2. The lowest BCUT2D eigenvalue weighted by Crippen LogP contribution is -2.20. The van der Waals surface area contributed by atoms with Crippen LogP contribution < -0.4 is 5.73 Å². The second kappa shape index (κ2) is 10.2. The average molecular weight is 279 g/mol. The first-order valence-corrected chi connectivity index (χ1v) is 7.51. The molecule has 0 aliphatic carbocycles. The first-order chi connectivity index (χ1) is 8.07. The summed E-state index contributed by atoms with van der Waals surface area (Å²) in [6, 6.07) is 0. The third kappa shape index (κ3) is 13.3. The van der Waals surface area contributed by atoms with Gasteiger partial charge in [0.15, 0.2) is 0 Å². The van der Waals surface area contributed by atoms with E-state index in [1.165, 1.54) is 0 Å². The Morgan fingerprint density at radius 1 is 1.39 bits per heavy atom.